The zero-order valence-electron chi connectivity index (χ0n) is 12.5. The van der Waals surface area contributed by atoms with Crippen molar-refractivity contribution in [3.8, 4) is 0 Å². The molecule has 2 aromatic carbocycles. The van der Waals surface area contributed by atoms with Gasteiger partial charge in [0.2, 0.25) is 11.8 Å². The Morgan fingerprint density at radius 3 is 2.48 bits per heavy atom. The fraction of sp³-hybridized carbons (Fsp3) is 0.222. The minimum absolute atomic E-state index is 0.243. The summed E-state index contributed by atoms with van der Waals surface area (Å²) in [4.78, 5) is 27.8. The summed E-state index contributed by atoms with van der Waals surface area (Å²) in [6, 6.07) is 14.7. The van der Waals surface area contributed by atoms with E-state index in [1.807, 2.05) is 49.4 Å². The molecule has 116 valence electrons. The van der Waals surface area contributed by atoms with Gasteiger partial charge in [-0.25, -0.2) is 4.90 Å². The molecule has 2 amide bonds. The minimum Gasteiger partial charge on any atom is -0.387 e. The topological polar surface area (TPSA) is 57.6 Å². The molecule has 2 aromatic rings. The van der Waals surface area contributed by atoms with Crippen LogP contribution in [0.5, 0.6) is 0 Å². The number of hydrogen-bond acceptors (Lipinski definition) is 4. The fourth-order valence-corrected chi connectivity index (χ4v) is 4.68. The van der Waals surface area contributed by atoms with Gasteiger partial charge in [0.15, 0.2) is 0 Å². The highest BCUT2D eigenvalue weighted by atomic mass is 32.2. The molecular formula is C18H15NO3S. The third-order valence-electron chi connectivity index (χ3n) is 4.48. The molecule has 1 saturated heterocycles. The van der Waals surface area contributed by atoms with E-state index in [1.54, 1.807) is 6.07 Å². The van der Waals surface area contributed by atoms with Gasteiger partial charge in [-0.3, -0.25) is 9.59 Å². The van der Waals surface area contributed by atoms with E-state index in [1.165, 1.54) is 16.7 Å². The van der Waals surface area contributed by atoms with Crippen molar-refractivity contribution in [3.05, 3.63) is 59.7 Å². The van der Waals surface area contributed by atoms with Crippen LogP contribution >= 0.6 is 11.8 Å². The zero-order chi connectivity index (χ0) is 16.1. The summed E-state index contributed by atoms with van der Waals surface area (Å²) in [6.07, 6.45) is -0.942. The largest absolute Gasteiger partial charge is 0.387 e. The third kappa shape index (κ3) is 2.04. The van der Waals surface area contributed by atoms with Gasteiger partial charge in [-0.2, -0.15) is 0 Å². The maximum Gasteiger partial charge on any atom is 0.248 e. The van der Waals surface area contributed by atoms with Crippen LogP contribution < -0.4 is 4.90 Å². The number of anilines is 1. The van der Waals surface area contributed by atoms with Crippen molar-refractivity contribution in [2.75, 3.05) is 4.90 Å². The van der Waals surface area contributed by atoms with Crippen molar-refractivity contribution >= 4 is 29.3 Å². The number of aliphatic hydroxyl groups is 1. The van der Waals surface area contributed by atoms with Gasteiger partial charge >= 0.3 is 0 Å². The number of amides is 2. The van der Waals surface area contributed by atoms with E-state index < -0.39 is 17.3 Å². The number of imide groups is 1. The predicted molar refractivity (Wildman–Crippen MR) is 88.2 cm³/mol. The van der Waals surface area contributed by atoms with Crippen molar-refractivity contribution in [1.82, 2.24) is 0 Å². The van der Waals surface area contributed by atoms with Gasteiger partial charge in [0.1, 0.15) is 5.25 Å². The van der Waals surface area contributed by atoms with Crippen molar-refractivity contribution in [2.45, 2.75) is 23.2 Å². The molecule has 23 heavy (non-hydrogen) atoms. The molecule has 0 aliphatic carbocycles. The summed E-state index contributed by atoms with van der Waals surface area (Å²) in [7, 11) is 0. The molecule has 0 radical (unpaired) electrons. The van der Waals surface area contributed by atoms with Crippen LogP contribution in [-0.4, -0.2) is 22.2 Å². The molecule has 3 atom stereocenters. The molecule has 0 bridgehead atoms. The van der Waals surface area contributed by atoms with Crippen molar-refractivity contribution < 1.29 is 14.7 Å². The Kier molecular flexibility index (Phi) is 3.28. The van der Waals surface area contributed by atoms with Crippen LogP contribution in [-0.2, 0) is 9.59 Å². The highest BCUT2D eigenvalue weighted by Crippen LogP contribution is 2.49. The summed E-state index contributed by atoms with van der Waals surface area (Å²) < 4.78 is 0. The number of fused-ring (bicyclic) bond motifs is 2. The third-order valence-corrected chi connectivity index (χ3v) is 5.86. The molecule has 0 saturated carbocycles. The highest BCUT2D eigenvalue weighted by Gasteiger charge is 2.54. The molecule has 4 nitrogen and oxygen atoms in total. The Balaban J connectivity index is 1.79. The standard InChI is InChI=1S/C18H15NO3S/c1-10-6-2-4-8-12(10)19-17(21)14-15(20)11-7-3-5-9-13(11)23-16(14)18(19)22/h2-9,14-16,20H,1H3/t14-,15+,16+/m1/s1. The summed E-state index contributed by atoms with van der Waals surface area (Å²) >= 11 is 1.38. The van der Waals surface area contributed by atoms with E-state index >= 15 is 0 Å². The molecule has 1 fully saturated rings. The molecule has 0 spiro atoms. The molecule has 5 heteroatoms. The van der Waals surface area contributed by atoms with Gasteiger partial charge in [-0.15, -0.1) is 11.8 Å². The van der Waals surface area contributed by atoms with Crippen LogP contribution in [0, 0.1) is 12.8 Å². The van der Waals surface area contributed by atoms with Gasteiger partial charge in [0.25, 0.3) is 0 Å². The molecule has 2 heterocycles. The number of carbonyl (C=O) groups is 2. The fourth-order valence-electron chi connectivity index (χ4n) is 3.31. The first kappa shape index (κ1) is 14.5. The number of hydrogen-bond donors (Lipinski definition) is 1. The van der Waals surface area contributed by atoms with E-state index in [4.69, 9.17) is 0 Å². The molecule has 2 aliphatic rings. The molecule has 2 aliphatic heterocycles. The van der Waals surface area contributed by atoms with Gasteiger partial charge in [-0.05, 0) is 30.2 Å². The first-order valence-electron chi connectivity index (χ1n) is 7.46. The lowest BCUT2D eigenvalue weighted by atomic mass is 9.93. The number of nitrogens with zero attached hydrogens (tertiary/aromatic N) is 1. The Morgan fingerprint density at radius 1 is 1.00 bits per heavy atom. The lowest BCUT2D eigenvalue weighted by molar-refractivity contribution is -0.124. The number of aryl methyl sites for hydroxylation is 1. The maximum atomic E-state index is 12.9. The van der Waals surface area contributed by atoms with E-state index in [2.05, 4.69) is 0 Å². The summed E-state index contributed by atoms with van der Waals surface area (Å²) in [6.45, 7) is 1.87. The normalized spacial score (nSPS) is 26.2. The first-order valence-corrected chi connectivity index (χ1v) is 8.34. The molecule has 0 unspecified atom stereocenters. The second-order valence-electron chi connectivity index (χ2n) is 5.85. The summed E-state index contributed by atoms with van der Waals surface area (Å²) in [5.41, 5.74) is 2.20. The van der Waals surface area contributed by atoms with Crippen molar-refractivity contribution in [1.29, 1.82) is 0 Å². The Labute approximate surface area is 138 Å². The van der Waals surface area contributed by atoms with Crippen LogP contribution in [0.2, 0.25) is 0 Å². The smallest absolute Gasteiger partial charge is 0.248 e. The lowest BCUT2D eigenvalue weighted by Gasteiger charge is -2.28. The van der Waals surface area contributed by atoms with E-state index in [0.717, 1.165) is 16.0 Å². The van der Waals surface area contributed by atoms with E-state index in [9.17, 15) is 14.7 Å². The average Bonchev–Trinajstić information content (AvgIpc) is 2.80. The second-order valence-corrected chi connectivity index (χ2v) is 7.03. The first-order chi connectivity index (χ1) is 11.1. The number of rotatable bonds is 1. The highest BCUT2D eigenvalue weighted by molar-refractivity contribution is 8.00. The van der Waals surface area contributed by atoms with Crippen LogP contribution in [0.25, 0.3) is 0 Å². The monoisotopic (exact) mass is 325 g/mol. The average molecular weight is 325 g/mol. The molecule has 0 aromatic heterocycles. The maximum absolute atomic E-state index is 12.9. The lowest BCUT2D eigenvalue weighted by Crippen LogP contribution is -2.32. The molecular weight excluding hydrogens is 310 g/mol. The number of benzene rings is 2. The quantitative estimate of drug-likeness (QED) is 0.819. The van der Waals surface area contributed by atoms with Crippen LogP contribution in [0.15, 0.2) is 53.4 Å². The van der Waals surface area contributed by atoms with Gasteiger partial charge in [0, 0.05) is 4.90 Å². The number of aliphatic hydroxyl groups excluding tert-OH is 1. The summed E-state index contributed by atoms with van der Waals surface area (Å²) in [5.74, 6) is -1.28. The predicted octanol–water partition coefficient (Wildman–Crippen LogP) is 2.69. The molecule has 4 rings (SSSR count). The second kappa shape index (κ2) is 5.22. The summed E-state index contributed by atoms with van der Waals surface area (Å²) in [5, 5.41) is 10.1. The van der Waals surface area contributed by atoms with E-state index in [-0.39, 0.29) is 11.8 Å². The van der Waals surface area contributed by atoms with Gasteiger partial charge in [-0.1, -0.05) is 36.4 Å². The number of thioether (sulfide) groups is 1. The Hall–Kier alpha value is -2.11. The minimum atomic E-state index is -0.942. The Morgan fingerprint density at radius 2 is 1.70 bits per heavy atom. The van der Waals surface area contributed by atoms with Crippen LogP contribution in [0.4, 0.5) is 5.69 Å². The molecule has 1 N–H and O–H groups in total. The number of para-hydroxylation sites is 1. The Bertz CT molecular complexity index is 819. The SMILES string of the molecule is Cc1ccccc1N1C(=O)[C@H]2[C@H](Sc3ccccc3[C@@H]2O)C1=O. The number of carbonyl (C=O) groups excluding carboxylic acids is 2. The van der Waals surface area contributed by atoms with Gasteiger partial charge < -0.3 is 5.11 Å². The van der Waals surface area contributed by atoms with Crippen LogP contribution in [0.3, 0.4) is 0 Å². The zero-order valence-corrected chi connectivity index (χ0v) is 13.3. The van der Waals surface area contributed by atoms with Gasteiger partial charge in [0.05, 0.1) is 17.7 Å². The van der Waals surface area contributed by atoms with Crippen molar-refractivity contribution in [2.24, 2.45) is 5.92 Å². The van der Waals surface area contributed by atoms with E-state index in [0.29, 0.717) is 5.69 Å². The van der Waals surface area contributed by atoms with Crippen LogP contribution in [0.1, 0.15) is 17.2 Å². The van der Waals surface area contributed by atoms with Crippen molar-refractivity contribution in [3.63, 3.8) is 0 Å².